The normalized spacial score (nSPS) is 23.8. The van der Waals surface area contributed by atoms with Gasteiger partial charge in [-0.3, -0.25) is 0 Å². The highest BCUT2D eigenvalue weighted by atomic mass is 16.5. The second-order valence-corrected chi connectivity index (χ2v) is 8.78. The molecular formula is C26H28N2O2. The molecule has 3 atom stereocenters. The summed E-state index contributed by atoms with van der Waals surface area (Å²) in [7, 11) is 1.67. The van der Waals surface area contributed by atoms with Crippen LogP contribution < -0.4 is 4.74 Å². The average molecular weight is 401 g/mol. The lowest BCUT2D eigenvalue weighted by Crippen LogP contribution is -2.42. The van der Waals surface area contributed by atoms with Crippen molar-refractivity contribution in [3.8, 4) is 17.0 Å². The number of aliphatic hydroxyl groups is 1. The number of rotatable bonds is 4. The fourth-order valence-corrected chi connectivity index (χ4v) is 5.36. The number of aliphatic hydroxyl groups excluding tert-OH is 1. The molecule has 1 aromatic heterocycles. The first-order valence-corrected chi connectivity index (χ1v) is 10.7. The van der Waals surface area contributed by atoms with E-state index in [-0.39, 0.29) is 11.3 Å². The Kier molecular flexibility index (Phi) is 4.75. The molecule has 2 heterocycles. The SMILES string of the molecule is COc1ccc([C@@H](O)[C@H]2CCCC3=Cc4c(-c5ccccc5)ncn4C[C@@]32C)cc1. The van der Waals surface area contributed by atoms with Gasteiger partial charge in [0.05, 0.1) is 30.9 Å². The molecule has 4 nitrogen and oxygen atoms in total. The van der Waals surface area contributed by atoms with Crippen molar-refractivity contribution in [2.24, 2.45) is 11.3 Å². The monoisotopic (exact) mass is 400 g/mol. The lowest BCUT2D eigenvalue weighted by Gasteiger charge is -2.48. The zero-order chi connectivity index (χ0) is 20.7. The van der Waals surface area contributed by atoms with Gasteiger partial charge in [-0.25, -0.2) is 4.98 Å². The number of aromatic nitrogens is 2. The fourth-order valence-electron chi connectivity index (χ4n) is 5.36. The van der Waals surface area contributed by atoms with Gasteiger partial charge in [-0.05, 0) is 49.0 Å². The van der Waals surface area contributed by atoms with Crippen molar-refractivity contribution in [2.45, 2.75) is 38.8 Å². The van der Waals surface area contributed by atoms with Crippen molar-refractivity contribution in [3.05, 3.63) is 77.8 Å². The van der Waals surface area contributed by atoms with E-state index >= 15 is 0 Å². The van der Waals surface area contributed by atoms with Crippen LogP contribution in [0.4, 0.5) is 0 Å². The van der Waals surface area contributed by atoms with Crippen molar-refractivity contribution in [3.63, 3.8) is 0 Å². The van der Waals surface area contributed by atoms with Crippen LogP contribution in [-0.4, -0.2) is 21.8 Å². The first kappa shape index (κ1) is 19.1. The van der Waals surface area contributed by atoms with Crippen molar-refractivity contribution >= 4 is 6.08 Å². The van der Waals surface area contributed by atoms with Gasteiger partial charge >= 0.3 is 0 Å². The number of benzene rings is 2. The van der Waals surface area contributed by atoms with E-state index < -0.39 is 6.10 Å². The zero-order valence-electron chi connectivity index (χ0n) is 17.6. The molecular weight excluding hydrogens is 372 g/mol. The molecule has 1 aliphatic carbocycles. The van der Waals surface area contributed by atoms with Gasteiger partial charge in [0.25, 0.3) is 0 Å². The number of allylic oxidation sites excluding steroid dienone is 1. The van der Waals surface area contributed by atoms with Crippen molar-refractivity contribution < 1.29 is 9.84 Å². The number of fused-ring (bicyclic) bond motifs is 2. The van der Waals surface area contributed by atoms with Crippen LogP contribution in [0.3, 0.4) is 0 Å². The Labute approximate surface area is 177 Å². The third-order valence-electron chi connectivity index (χ3n) is 7.09. The predicted molar refractivity (Wildman–Crippen MR) is 119 cm³/mol. The van der Waals surface area contributed by atoms with E-state index in [1.165, 1.54) is 11.3 Å². The van der Waals surface area contributed by atoms with Crippen molar-refractivity contribution in [2.75, 3.05) is 7.11 Å². The summed E-state index contributed by atoms with van der Waals surface area (Å²) in [6.07, 6.45) is 7.02. The van der Waals surface area contributed by atoms with Gasteiger partial charge in [-0.15, -0.1) is 0 Å². The quantitative estimate of drug-likeness (QED) is 0.629. The van der Waals surface area contributed by atoms with Gasteiger partial charge in [-0.1, -0.05) is 55.0 Å². The minimum Gasteiger partial charge on any atom is -0.497 e. The van der Waals surface area contributed by atoms with Crippen molar-refractivity contribution in [1.29, 1.82) is 0 Å². The summed E-state index contributed by atoms with van der Waals surface area (Å²) in [5, 5.41) is 11.4. The predicted octanol–water partition coefficient (Wildman–Crippen LogP) is 5.50. The maximum Gasteiger partial charge on any atom is 0.118 e. The fraction of sp³-hybridized carbons (Fsp3) is 0.346. The Hall–Kier alpha value is -2.85. The maximum atomic E-state index is 11.4. The van der Waals surface area contributed by atoms with Gasteiger partial charge < -0.3 is 14.4 Å². The van der Waals surface area contributed by atoms with Crippen LogP contribution in [0.25, 0.3) is 17.3 Å². The van der Waals surface area contributed by atoms with Crippen LogP contribution in [0.5, 0.6) is 5.75 Å². The summed E-state index contributed by atoms with van der Waals surface area (Å²) in [4.78, 5) is 4.75. The van der Waals surface area contributed by atoms with E-state index in [1.54, 1.807) is 7.11 Å². The number of ether oxygens (including phenoxy) is 1. The molecule has 1 N–H and O–H groups in total. The molecule has 4 heteroatoms. The highest BCUT2D eigenvalue weighted by Gasteiger charge is 2.46. The Balaban J connectivity index is 1.50. The number of hydrogen-bond donors (Lipinski definition) is 1. The number of hydrogen-bond acceptors (Lipinski definition) is 3. The molecule has 1 fully saturated rings. The third kappa shape index (κ3) is 3.07. The third-order valence-corrected chi connectivity index (χ3v) is 7.09. The standard InChI is InChI=1S/C26H28N2O2/c1-26-16-28-17-27-24(18-7-4-3-5-8-18)23(28)15-20(26)9-6-10-22(26)25(29)19-11-13-21(30-2)14-12-19/h3-5,7-8,11-15,17,22,25,29H,6,9-10,16H2,1-2H3/t22-,25-,26+/m1/s1. The molecule has 0 radical (unpaired) electrons. The Morgan fingerprint density at radius 3 is 2.63 bits per heavy atom. The summed E-state index contributed by atoms with van der Waals surface area (Å²) >= 11 is 0. The smallest absolute Gasteiger partial charge is 0.118 e. The second kappa shape index (κ2) is 7.44. The maximum absolute atomic E-state index is 11.4. The van der Waals surface area contributed by atoms with Crippen LogP contribution in [0.1, 0.15) is 43.5 Å². The van der Waals surface area contributed by atoms with E-state index in [0.717, 1.165) is 48.4 Å². The first-order chi connectivity index (χ1) is 14.6. The second-order valence-electron chi connectivity index (χ2n) is 8.78. The molecule has 0 unspecified atom stereocenters. The van der Waals surface area contributed by atoms with E-state index in [1.807, 2.05) is 36.7 Å². The van der Waals surface area contributed by atoms with E-state index in [0.29, 0.717) is 0 Å². The van der Waals surface area contributed by atoms with Gasteiger partial charge in [0, 0.05) is 17.5 Å². The summed E-state index contributed by atoms with van der Waals surface area (Å²) < 4.78 is 7.55. The van der Waals surface area contributed by atoms with Crippen LogP contribution in [0, 0.1) is 11.3 Å². The Morgan fingerprint density at radius 2 is 1.90 bits per heavy atom. The number of imidazole rings is 1. The number of methoxy groups -OCH3 is 1. The average Bonchev–Trinajstić information content (AvgIpc) is 3.19. The molecule has 5 rings (SSSR count). The molecule has 0 bridgehead atoms. The lowest BCUT2D eigenvalue weighted by molar-refractivity contribution is 0.0123. The minimum absolute atomic E-state index is 0.0841. The molecule has 30 heavy (non-hydrogen) atoms. The molecule has 2 aliphatic rings. The minimum atomic E-state index is -0.497. The first-order valence-electron chi connectivity index (χ1n) is 10.7. The summed E-state index contributed by atoms with van der Waals surface area (Å²) in [6, 6.07) is 18.2. The molecule has 1 aliphatic heterocycles. The molecule has 0 saturated heterocycles. The van der Waals surface area contributed by atoms with E-state index in [2.05, 4.69) is 41.8 Å². The molecule has 1 saturated carbocycles. The topological polar surface area (TPSA) is 47.3 Å². The van der Waals surface area contributed by atoms with Gasteiger partial charge in [-0.2, -0.15) is 0 Å². The number of nitrogens with zero attached hydrogens (tertiary/aromatic N) is 2. The molecule has 3 aromatic rings. The van der Waals surface area contributed by atoms with Crippen LogP contribution in [-0.2, 0) is 6.54 Å². The van der Waals surface area contributed by atoms with E-state index in [4.69, 9.17) is 9.72 Å². The lowest BCUT2D eigenvalue weighted by atomic mass is 9.60. The largest absolute Gasteiger partial charge is 0.497 e. The molecule has 0 spiro atoms. The van der Waals surface area contributed by atoms with Gasteiger partial charge in [0.1, 0.15) is 5.75 Å². The molecule has 2 aromatic carbocycles. The highest BCUT2D eigenvalue weighted by molar-refractivity contribution is 5.72. The van der Waals surface area contributed by atoms with E-state index in [9.17, 15) is 5.11 Å². The molecule has 154 valence electrons. The highest BCUT2D eigenvalue weighted by Crippen LogP contribution is 2.54. The van der Waals surface area contributed by atoms with Crippen LogP contribution in [0.2, 0.25) is 0 Å². The Bertz CT molecular complexity index is 1070. The Morgan fingerprint density at radius 1 is 1.13 bits per heavy atom. The van der Waals surface area contributed by atoms with Crippen molar-refractivity contribution in [1.82, 2.24) is 9.55 Å². The summed E-state index contributed by atoms with van der Waals surface area (Å²) in [6.45, 7) is 3.17. The molecule has 0 amide bonds. The van der Waals surface area contributed by atoms with Crippen LogP contribution >= 0.6 is 0 Å². The zero-order valence-corrected chi connectivity index (χ0v) is 17.6. The van der Waals surface area contributed by atoms with Gasteiger partial charge in [0.15, 0.2) is 0 Å². The van der Waals surface area contributed by atoms with Gasteiger partial charge in [0.2, 0.25) is 0 Å². The summed E-state index contributed by atoms with van der Waals surface area (Å²) in [5.41, 5.74) is 5.70. The summed E-state index contributed by atoms with van der Waals surface area (Å²) in [5.74, 6) is 0.983. The van der Waals surface area contributed by atoms with Crippen LogP contribution in [0.15, 0.2) is 66.5 Å².